The molecule has 8 heteroatoms. The van der Waals surface area contributed by atoms with Gasteiger partial charge in [-0.05, 0) is 142 Å². The summed E-state index contributed by atoms with van der Waals surface area (Å²) in [7, 11) is 0. The zero-order valence-corrected chi connectivity index (χ0v) is 32.2. The normalized spacial score (nSPS) is 11.0. The first kappa shape index (κ1) is 36.0. The molecule has 0 fully saturated rings. The van der Waals surface area contributed by atoms with Crippen LogP contribution in [0.25, 0.3) is 101 Å². The smallest absolute Gasteiger partial charge is 0.0900 e. The van der Waals surface area contributed by atoms with Gasteiger partial charge in [0, 0.05) is 37.2 Å². The van der Waals surface area contributed by atoms with Crippen LogP contribution in [0.3, 0.4) is 0 Å². The van der Waals surface area contributed by atoms with Crippen LogP contribution in [0, 0.1) is 0 Å². The van der Waals surface area contributed by atoms with E-state index in [2.05, 4.69) is 98.8 Å². The molecule has 60 heavy (non-hydrogen) atoms. The van der Waals surface area contributed by atoms with Gasteiger partial charge >= 0.3 is 0 Å². The molecule has 0 unspecified atom stereocenters. The molecule has 282 valence electrons. The Bertz CT molecular complexity index is 3070. The number of hydrogen-bond acceptors (Lipinski definition) is 8. The zero-order valence-electron chi connectivity index (χ0n) is 32.2. The van der Waals surface area contributed by atoms with Crippen molar-refractivity contribution in [2.75, 3.05) is 0 Å². The molecule has 0 amide bonds. The van der Waals surface area contributed by atoms with Crippen molar-refractivity contribution in [2.24, 2.45) is 0 Å². The van der Waals surface area contributed by atoms with Crippen LogP contribution >= 0.6 is 0 Å². The van der Waals surface area contributed by atoms with E-state index in [1.807, 2.05) is 110 Å². The second-order valence-electron chi connectivity index (χ2n) is 14.1. The van der Waals surface area contributed by atoms with Crippen LogP contribution in [0.1, 0.15) is 0 Å². The lowest BCUT2D eigenvalue weighted by molar-refractivity contribution is 1.20. The highest BCUT2D eigenvalue weighted by molar-refractivity contribution is 5.79. The van der Waals surface area contributed by atoms with Gasteiger partial charge < -0.3 is 0 Å². The van der Waals surface area contributed by atoms with Gasteiger partial charge in [0.25, 0.3) is 0 Å². The molecule has 0 atom stereocenters. The van der Waals surface area contributed by atoms with E-state index in [4.69, 9.17) is 19.9 Å². The quantitative estimate of drug-likeness (QED) is 0.143. The number of aromatic nitrogens is 8. The van der Waals surface area contributed by atoms with Crippen molar-refractivity contribution < 1.29 is 0 Å². The molecule has 0 aliphatic rings. The fourth-order valence-corrected chi connectivity index (χ4v) is 7.18. The topological polar surface area (TPSA) is 103 Å². The van der Waals surface area contributed by atoms with E-state index in [1.165, 1.54) is 0 Å². The Labute approximate surface area is 347 Å². The van der Waals surface area contributed by atoms with Crippen molar-refractivity contribution in [1.82, 2.24) is 39.9 Å². The molecule has 0 saturated carbocycles. The second-order valence-corrected chi connectivity index (χ2v) is 14.1. The molecular formula is C52H34N8. The van der Waals surface area contributed by atoms with Gasteiger partial charge in [0.2, 0.25) is 0 Å². The fourth-order valence-electron chi connectivity index (χ4n) is 7.18. The number of benzene rings is 2. The highest BCUT2D eigenvalue weighted by Gasteiger charge is 2.13. The molecular weight excluding hydrogens is 737 g/mol. The largest absolute Gasteiger partial charge is 0.255 e. The molecule has 0 aliphatic carbocycles. The third kappa shape index (κ3) is 7.68. The molecule has 8 aromatic heterocycles. The SMILES string of the molecule is c1ccc(-c2cc(-c3ccc(-c4ccnc(-c5cc(-c6ccc(-c7cc(-c8ccccn8)nc(-c8cccc(-c9ccccn9)n8)c7)cc6)ccn5)c4)cc3)ccn2)nc1. The first-order valence-electron chi connectivity index (χ1n) is 19.5. The van der Waals surface area contributed by atoms with Crippen LogP contribution in [0.4, 0.5) is 0 Å². The molecule has 0 bridgehead atoms. The fraction of sp³-hybridized carbons (Fsp3) is 0. The maximum absolute atomic E-state index is 5.03. The molecule has 0 radical (unpaired) electrons. The minimum absolute atomic E-state index is 0.753. The van der Waals surface area contributed by atoms with Crippen LogP contribution in [0.15, 0.2) is 207 Å². The Hall–Kier alpha value is -8.36. The predicted molar refractivity (Wildman–Crippen MR) is 238 cm³/mol. The van der Waals surface area contributed by atoms with E-state index < -0.39 is 0 Å². The van der Waals surface area contributed by atoms with Crippen molar-refractivity contribution in [3.8, 4) is 101 Å². The zero-order chi connectivity index (χ0) is 40.1. The standard InChI is InChI=1S/C52H34N8/c1-4-24-53-43(8-1)46-11-7-12-47(59-46)52-34-42(33-51(60-52)45-10-3-6-26-55-45)38-19-17-37(18-20-38)41-23-29-58-50(32-41)49-31-40(22-28-57-49)36-15-13-35(14-16-36)39-21-27-56-48(30-39)44-9-2-5-25-54-44/h1-34H. The van der Waals surface area contributed by atoms with Crippen LogP contribution in [0.2, 0.25) is 0 Å². The summed E-state index contributed by atoms with van der Waals surface area (Å²) in [5.41, 5.74) is 16.5. The summed E-state index contributed by atoms with van der Waals surface area (Å²) in [6.07, 6.45) is 10.9. The summed E-state index contributed by atoms with van der Waals surface area (Å²) >= 11 is 0. The number of hydrogen-bond donors (Lipinski definition) is 0. The average molecular weight is 771 g/mol. The van der Waals surface area contributed by atoms with Gasteiger partial charge in [-0.1, -0.05) is 72.8 Å². The molecule has 10 aromatic rings. The molecule has 0 saturated heterocycles. The van der Waals surface area contributed by atoms with Gasteiger partial charge in [0.1, 0.15) is 0 Å². The highest BCUT2D eigenvalue weighted by atomic mass is 14.8. The third-order valence-corrected chi connectivity index (χ3v) is 10.3. The number of pyridine rings is 8. The summed E-state index contributed by atoms with van der Waals surface area (Å²) in [4.78, 5) is 37.5. The van der Waals surface area contributed by atoms with Crippen molar-refractivity contribution in [3.63, 3.8) is 0 Å². The Morgan fingerprint density at radius 1 is 0.183 bits per heavy atom. The number of nitrogens with zero attached hydrogens (tertiary/aromatic N) is 8. The van der Waals surface area contributed by atoms with E-state index in [0.717, 1.165) is 101 Å². The lowest BCUT2D eigenvalue weighted by Gasteiger charge is -2.11. The Morgan fingerprint density at radius 2 is 0.483 bits per heavy atom. The van der Waals surface area contributed by atoms with Crippen molar-refractivity contribution in [2.45, 2.75) is 0 Å². The predicted octanol–water partition coefficient (Wildman–Crippen LogP) is 11.8. The Balaban J connectivity index is 0.915. The Morgan fingerprint density at radius 3 is 0.917 bits per heavy atom. The van der Waals surface area contributed by atoms with Crippen LogP contribution in [0.5, 0.6) is 0 Å². The van der Waals surface area contributed by atoms with Gasteiger partial charge in [0.15, 0.2) is 0 Å². The third-order valence-electron chi connectivity index (χ3n) is 10.3. The van der Waals surface area contributed by atoms with E-state index in [1.54, 1.807) is 18.6 Å². The summed E-state index contributed by atoms with van der Waals surface area (Å²) < 4.78 is 0. The van der Waals surface area contributed by atoms with E-state index >= 15 is 0 Å². The maximum Gasteiger partial charge on any atom is 0.0900 e. The van der Waals surface area contributed by atoms with Gasteiger partial charge in [-0.3, -0.25) is 29.9 Å². The molecule has 0 aliphatic heterocycles. The van der Waals surface area contributed by atoms with Gasteiger partial charge in [-0.15, -0.1) is 0 Å². The van der Waals surface area contributed by atoms with E-state index in [-0.39, 0.29) is 0 Å². The first-order chi connectivity index (χ1) is 29.7. The Kier molecular flexibility index (Phi) is 9.75. The minimum atomic E-state index is 0.753. The molecule has 0 spiro atoms. The molecule has 10 rings (SSSR count). The van der Waals surface area contributed by atoms with Gasteiger partial charge in [-0.2, -0.15) is 0 Å². The molecule has 8 nitrogen and oxygen atoms in total. The van der Waals surface area contributed by atoms with Crippen LogP contribution < -0.4 is 0 Å². The minimum Gasteiger partial charge on any atom is -0.255 e. The average Bonchev–Trinajstić information content (AvgIpc) is 3.35. The molecule has 2 aromatic carbocycles. The van der Waals surface area contributed by atoms with E-state index in [0.29, 0.717) is 0 Å². The van der Waals surface area contributed by atoms with Gasteiger partial charge in [-0.25, -0.2) is 9.97 Å². The lowest BCUT2D eigenvalue weighted by atomic mass is 9.98. The van der Waals surface area contributed by atoms with Crippen LogP contribution in [-0.2, 0) is 0 Å². The summed E-state index contributed by atoms with van der Waals surface area (Å²) in [5.74, 6) is 0. The molecule has 8 heterocycles. The summed E-state index contributed by atoms with van der Waals surface area (Å²) in [5, 5.41) is 0. The first-order valence-corrected chi connectivity index (χ1v) is 19.5. The summed E-state index contributed by atoms with van der Waals surface area (Å²) in [6.45, 7) is 0. The highest BCUT2D eigenvalue weighted by Crippen LogP contribution is 2.33. The lowest BCUT2D eigenvalue weighted by Crippen LogP contribution is -1.95. The van der Waals surface area contributed by atoms with Crippen molar-refractivity contribution in [3.05, 3.63) is 207 Å². The second kappa shape index (κ2) is 16.2. The van der Waals surface area contributed by atoms with E-state index in [9.17, 15) is 0 Å². The van der Waals surface area contributed by atoms with Gasteiger partial charge in [0.05, 0.1) is 56.9 Å². The number of rotatable bonds is 9. The maximum atomic E-state index is 5.03. The molecule has 0 N–H and O–H groups in total. The monoisotopic (exact) mass is 770 g/mol. The van der Waals surface area contributed by atoms with Crippen molar-refractivity contribution >= 4 is 0 Å². The summed E-state index contributed by atoms with van der Waals surface area (Å²) in [6, 6.07) is 57.1. The van der Waals surface area contributed by atoms with Crippen LogP contribution in [-0.4, -0.2) is 39.9 Å². The van der Waals surface area contributed by atoms with Crippen molar-refractivity contribution in [1.29, 1.82) is 0 Å².